The van der Waals surface area contributed by atoms with Crippen LogP contribution in [0.2, 0.25) is 0 Å². The van der Waals surface area contributed by atoms with E-state index in [9.17, 15) is 0 Å². The van der Waals surface area contributed by atoms with E-state index in [1.165, 1.54) is 9.75 Å². The van der Waals surface area contributed by atoms with E-state index >= 15 is 0 Å². The molecule has 2 rings (SSSR count). The molecule has 0 aliphatic carbocycles. The lowest BCUT2D eigenvalue weighted by molar-refractivity contribution is 0.141. The Morgan fingerprint density at radius 2 is 2.11 bits per heavy atom. The number of hydrogen-bond donors (Lipinski definition) is 1. The number of thiophene rings is 1. The number of nitrogens with two attached hydrogens (primary N) is 1. The summed E-state index contributed by atoms with van der Waals surface area (Å²) in [7, 11) is 0. The molecule has 0 spiro atoms. The first kappa shape index (κ1) is 14.0. The van der Waals surface area contributed by atoms with Crippen LogP contribution in [0.1, 0.15) is 50.3 Å². The number of rotatable bonds is 2. The molecule has 1 fully saturated rings. The Morgan fingerprint density at radius 3 is 2.67 bits per heavy atom. The Hall–Kier alpha value is -0.380. The van der Waals surface area contributed by atoms with E-state index in [-0.39, 0.29) is 5.41 Å². The van der Waals surface area contributed by atoms with Crippen molar-refractivity contribution in [2.75, 3.05) is 6.54 Å². The van der Waals surface area contributed by atoms with E-state index in [0.717, 1.165) is 25.9 Å². The van der Waals surface area contributed by atoms with E-state index in [4.69, 9.17) is 5.73 Å². The van der Waals surface area contributed by atoms with Crippen LogP contribution in [-0.2, 0) is 12.0 Å². The highest BCUT2D eigenvalue weighted by atomic mass is 32.1. The third-order valence-electron chi connectivity index (χ3n) is 3.81. The van der Waals surface area contributed by atoms with Crippen molar-refractivity contribution in [2.24, 2.45) is 5.73 Å². The summed E-state index contributed by atoms with van der Waals surface area (Å²) in [5, 5.41) is 0. The summed E-state index contributed by atoms with van der Waals surface area (Å²) in [5.74, 6) is 0. The molecule has 0 bridgehead atoms. The minimum absolute atomic E-state index is 0.277. The van der Waals surface area contributed by atoms with Gasteiger partial charge in [0.25, 0.3) is 0 Å². The highest BCUT2D eigenvalue weighted by Crippen LogP contribution is 2.31. The molecule has 1 saturated heterocycles. The molecule has 1 aromatic rings. The van der Waals surface area contributed by atoms with E-state index in [1.54, 1.807) is 0 Å². The molecule has 0 saturated carbocycles. The predicted octanol–water partition coefficient (Wildman–Crippen LogP) is 3.36. The summed E-state index contributed by atoms with van der Waals surface area (Å²) in [5.41, 5.74) is 6.29. The molecule has 3 heteroatoms. The van der Waals surface area contributed by atoms with Gasteiger partial charge in [-0.3, -0.25) is 4.90 Å². The lowest BCUT2D eigenvalue weighted by Crippen LogP contribution is -2.44. The molecule has 2 unspecified atom stereocenters. The van der Waals surface area contributed by atoms with Crippen molar-refractivity contribution in [3.63, 3.8) is 0 Å². The maximum Gasteiger partial charge on any atom is 0.0330 e. The molecule has 102 valence electrons. The zero-order chi connectivity index (χ0) is 13.3. The standard InChI is InChI=1S/C15H26N2S/c1-11-9-12(16)7-8-17(11)10-13-5-6-14(18-13)15(2,3)4/h5-6,11-12H,7-10,16H2,1-4H3. The summed E-state index contributed by atoms with van der Waals surface area (Å²) in [6.07, 6.45) is 2.28. The normalized spacial score (nSPS) is 26.5. The van der Waals surface area contributed by atoms with Crippen LogP contribution in [-0.4, -0.2) is 23.5 Å². The maximum absolute atomic E-state index is 6.02. The summed E-state index contributed by atoms with van der Waals surface area (Å²) >= 11 is 1.96. The van der Waals surface area contributed by atoms with Gasteiger partial charge in [0.05, 0.1) is 0 Å². The zero-order valence-corrected chi connectivity index (χ0v) is 12.9. The largest absolute Gasteiger partial charge is 0.328 e. The van der Waals surface area contributed by atoms with Gasteiger partial charge in [0.2, 0.25) is 0 Å². The van der Waals surface area contributed by atoms with Gasteiger partial charge in [-0.1, -0.05) is 20.8 Å². The lowest BCUT2D eigenvalue weighted by atomic mass is 9.95. The van der Waals surface area contributed by atoms with Gasteiger partial charge < -0.3 is 5.73 Å². The van der Waals surface area contributed by atoms with Gasteiger partial charge in [-0.15, -0.1) is 11.3 Å². The number of likely N-dealkylation sites (tertiary alicyclic amines) is 1. The summed E-state index contributed by atoms with van der Waals surface area (Å²) in [6.45, 7) is 11.4. The van der Waals surface area contributed by atoms with Crippen molar-refractivity contribution in [3.05, 3.63) is 21.9 Å². The first-order chi connectivity index (χ1) is 8.36. The Kier molecular flexibility index (Phi) is 4.15. The second-order valence-corrected chi connectivity index (χ2v) is 7.79. The van der Waals surface area contributed by atoms with Gasteiger partial charge in [-0.2, -0.15) is 0 Å². The molecule has 1 aliphatic rings. The Balaban J connectivity index is 1.99. The average Bonchev–Trinajstić information content (AvgIpc) is 2.70. The number of piperidine rings is 1. The van der Waals surface area contributed by atoms with Gasteiger partial charge in [-0.05, 0) is 37.3 Å². The highest BCUT2D eigenvalue weighted by Gasteiger charge is 2.24. The minimum Gasteiger partial charge on any atom is -0.328 e. The fourth-order valence-corrected chi connectivity index (χ4v) is 3.65. The molecule has 0 radical (unpaired) electrons. The van der Waals surface area contributed by atoms with Crippen LogP contribution in [0.25, 0.3) is 0 Å². The fourth-order valence-electron chi connectivity index (χ4n) is 2.56. The molecule has 1 aliphatic heterocycles. The van der Waals surface area contributed by atoms with Gasteiger partial charge in [0.15, 0.2) is 0 Å². The number of hydrogen-bond acceptors (Lipinski definition) is 3. The molecule has 2 atom stereocenters. The molecular weight excluding hydrogens is 240 g/mol. The molecule has 0 aromatic carbocycles. The predicted molar refractivity (Wildman–Crippen MR) is 80.1 cm³/mol. The second kappa shape index (κ2) is 5.32. The van der Waals surface area contributed by atoms with Crippen LogP contribution >= 0.6 is 11.3 Å². The first-order valence-electron chi connectivity index (χ1n) is 6.95. The molecule has 1 aromatic heterocycles. The zero-order valence-electron chi connectivity index (χ0n) is 12.1. The van der Waals surface area contributed by atoms with E-state index < -0.39 is 0 Å². The number of nitrogens with zero attached hydrogens (tertiary/aromatic N) is 1. The van der Waals surface area contributed by atoms with Gasteiger partial charge in [0, 0.05) is 34.9 Å². The second-order valence-electron chi connectivity index (χ2n) is 6.62. The Labute approximate surface area is 115 Å². The van der Waals surface area contributed by atoms with E-state index in [1.807, 2.05) is 11.3 Å². The average molecular weight is 266 g/mol. The molecule has 2 heterocycles. The van der Waals surface area contributed by atoms with Gasteiger partial charge in [-0.25, -0.2) is 0 Å². The third-order valence-corrected chi connectivity index (χ3v) is 5.31. The monoisotopic (exact) mass is 266 g/mol. The van der Waals surface area contributed by atoms with Gasteiger partial charge >= 0.3 is 0 Å². The summed E-state index contributed by atoms with van der Waals surface area (Å²) in [4.78, 5) is 5.54. The van der Waals surface area contributed by atoms with Crippen LogP contribution < -0.4 is 5.73 Å². The van der Waals surface area contributed by atoms with Crippen molar-refractivity contribution >= 4 is 11.3 Å². The minimum atomic E-state index is 0.277. The quantitative estimate of drug-likeness (QED) is 0.889. The van der Waals surface area contributed by atoms with Gasteiger partial charge in [0.1, 0.15) is 0 Å². The molecule has 0 amide bonds. The van der Waals surface area contributed by atoms with Crippen LogP contribution in [0.3, 0.4) is 0 Å². The maximum atomic E-state index is 6.02. The van der Waals surface area contributed by atoms with E-state index in [2.05, 4.69) is 44.7 Å². The van der Waals surface area contributed by atoms with Crippen LogP contribution in [0.15, 0.2) is 12.1 Å². The third kappa shape index (κ3) is 3.34. The molecular formula is C15H26N2S. The lowest BCUT2D eigenvalue weighted by Gasteiger charge is -2.36. The molecule has 18 heavy (non-hydrogen) atoms. The van der Waals surface area contributed by atoms with Crippen LogP contribution in [0.4, 0.5) is 0 Å². The van der Waals surface area contributed by atoms with Crippen molar-refractivity contribution in [3.8, 4) is 0 Å². The van der Waals surface area contributed by atoms with E-state index in [0.29, 0.717) is 12.1 Å². The topological polar surface area (TPSA) is 29.3 Å². The fraction of sp³-hybridized carbons (Fsp3) is 0.733. The Bertz CT molecular complexity index is 391. The van der Waals surface area contributed by atoms with Crippen molar-refractivity contribution in [1.29, 1.82) is 0 Å². The van der Waals surface area contributed by atoms with Crippen LogP contribution in [0, 0.1) is 0 Å². The van der Waals surface area contributed by atoms with Crippen molar-refractivity contribution < 1.29 is 0 Å². The summed E-state index contributed by atoms with van der Waals surface area (Å²) < 4.78 is 0. The molecule has 2 nitrogen and oxygen atoms in total. The molecule has 2 N–H and O–H groups in total. The highest BCUT2D eigenvalue weighted by molar-refractivity contribution is 7.12. The first-order valence-corrected chi connectivity index (χ1v) is 7.77. The van der Waals surface area contributed by atoms with Crippen molar-refractivity contribution in [1.82, 2.24) is 4.90 Å². The SMILES string of the molecule is CC1CC(N)CCN1Cc1ccc(C(C)(C)C)s1. The van der Waals surface area contributed by atoms with Crippen molar-refractivity contribution in [2.45, 2.75) is 64.6 Å². The summed E-state index contributed by atoms with van der Waals surface area (Å²) in [6, 6.07) is 5.62. The van der Waals surface area contributed by atoms with Crippen LogP contribution in [0.5, 0.6) is 0 Å². The smallest absolute Gasteiger partial charge is 0.0330 e. The Morgan fingerprint density at radius 1 is 1.39 bits per heavy atom.